The number of nitrogens with one attached hydrogen (secondary N) is 1. The quantitative estimate of drug-likeness (QED) is 0.805. The van der Waals surface area contributed by atoms with Gasteiger partial charge in [0.1, 0.15) is 5.37 Å². The Hall–Kier alpha value is 0.220. The maximum absolute atomic E-state index is 12.2. The first-order valence-corrected chi connectivity index (χ1v) is 10.7. The van der Waals surface area contributed by atoms with Crippen LogP contribution < -0.4 is 5.32 Å². The van der Waals surface area contributed by atoms with Crippen molar-refractivity contribution in [3.8, 4) is 0 Å². The van der Waals surface area contributed by atoms with Crippen molar-refractivity contribution in [1.82, 2.24) is 10.2 Å². The van der Waals surface area contributed by atoms with Crippen molar-refractivity contribution in [2.75, 3.05) is 43.4 Å². The van der Waals surface area contributed by atoms with Crippen molar-refractivity contribution in [3.63, 3.8) is 0 Å². The Bertz CT molecular complexity index is 381. The first-order valence-electron chi connectivity index (χ1n) is 7.87. The molecule has 2 fully saturated rings. The van der Waals surface area contributed by atoms with E-state index in [9.17, 15) is 8.42 Å². The van der Waals surface area contributed by atoms with Crippen LogP contribution in [0, 0.1) is 5.92 Å². The monoisotopic (exact) mass is 320 g/mol. The average Bonchev–Trinajstić information content (AvgIpc) is 2.49. The Labute approximate surface area is 128 Å². The average molecular weight is 321 g/mol. The molecule has 0 bridgehead atoms. The van der Waals surface area contributed by atoms with Gasteiger partial charge in [-0.15, -0.1) is 0 Å². The minimum Gasteiger partial charge on any atom is -0.316 e. The van der Waals surface area contributed by atoms with Gasteiger partial charge in [-0.1, -0.05) is 6.92 Å². The fraction of sp³-hybridized carbons (Fsp3) is 1.00. The van der Waals surface area contributed by atoms with E-state index in [-0.39, 0.29) is 11.1 Å². The van der Waals surface area contributed by atoms with Crippen molar-refractivity contribution in [2.45, 2.75) is 38.0 Å². The molecule has 0 aliphatic carbocycles. The van der Waals surface area contributed by atoms with Crippen LogP contribution in [-0.2, 0) is 9.84 Å². The predicted octanol–water partition coefficient (Wildman–Crippen LogP) is 1.58. The molecule has 118 valence electrons. The fourth-order valence-corrected chi connectivity index (χ4v) is 6.26. The highest BCUT2D eigenvalue weighted by molar-refractivity contribution is 8.01. The van der Waals surface area contributed by atoms with E-state index >= 15 is 0 Å². The maximum atomic E-state index is 12.2. The van der Waals surface area contributed by atoms with E-state index in [1.54, 1.807) is 18.7 Å². The Morgan fingerprint density at radius 1 is 1.40 bits per heavy atom. The van der Waals surface area contributed by atoms with Crippen LogP contribution in [0.15, 0.2) is 0 Å². The summed E-state index contributed by atoms with van der Waals surface area (Å²) in [6, 6.07) is 0. The third-order valence-corrected chi connectivity index (χ3v) is 7.80. The summed E-state index contributed by atoms with van der Waals surface area (Å²) in [5.41, 5.74) is 0. The molecular formula is C14H28N2O2S2. The van der Waals surface area contributed by atoms with E-state index in [1.165, 1.54) is 19.3 Å². The summed E-state index contributed by atoms with van der Waals surface area (Å²) in [6.07, 6.45) is 4.99. The summed E-state index contributed by atoms with van der Waals surface area (Å²) in [5.74, 6) is 2.88. The number of hydrogen-bond donors (Lipinski definition) is 1. The molecule has 2 heterocycles. The smallest absolute Gasteiger partial charge is 0.166 e. The molecule has 0 saturated carbocycles. The first kappa shape index (κ1) is 16.6. The van der Waals surface area contributed by atoms with Gasteiger partial charge in [0, 0.05) is 23.8 Å². The van der Waals surface area contributed by atoms with E-state index in [0.717, 1.165) is 50.0 Å². The number of nitrogens with zero attached hydrogens (tertiary/aromatic N) is 1. The zero-order valence-electron chi connectivity index (χ0n) is 12.5. The molecule has 4 nitrogen and oxygen atoms in total. The van der Waals surface area contributed by atoms with Crippen LogP contribution in [0.25, 0.3) is 0 Å². The summed E-state index contributed by atoms with van der Waals surface area (Å²) in [7, 11) is -2.93. The Kier molecular flexibility index (Phi) is 6.65. The van der Waals surface area contributed by atoms with Gasteiger partial charge in [-0.3, -0.25) is 4.90 Å². The van der Waals surface area contributed by atoms with Gasteiger partial charge in [0.25, 0.3) is 0 Å². The van der Waals surface area contributed by atoms with Crippen molar-refractivity contribution >= 4 is 21.6 Å². The van der Waals surface area contributed by atoms with Gasteiger partial charge in [-0.2, -0.15) is 11.8 Å². The highest BCUT2D eigenvalue weighted by Crippen LogP contribution is 2.23. The normalized spacial score (nSPS) is 29.4. The second kappa shape index (κ2) is 8.01. The van der Waals surface area contributed by atoms with Gasteiger partial charge in [-0.25, -0.2) is 8.42 Å². The van der Waals surface area contributed by atoms with E-state index < -0.39 is 9.84 Å². The van der Waals surface area contributed by atoms with Crippen LogP contribution in [-0.4, -0.2) is 62.1 Å². The number of hydrogen-bond acceptors (Lipinski definition) is 5. The van der Waals surface area contributed by atoms with Gasteiger partial charge < -0.3 is 5.32 Å². The molecule has 2 atom stereocenters. The van der Waals surface area contributed by atoms with Gasteiger partial charge in [0.15, 0.2) is 9.84 Å². The van der Waals surface area contributed by atoms with Gasteiger partial charge in [-0.05, 0) is 51.2 Å². The third kappa shape index (κ3) is 4.61. The highest BCUT2D eigenvalue weighted by Gasteiger charge is 2.32. The predicted molar refractivity (Wildman–Crippen MR) is 87.0 cm³/mol. The molecular weight excluding hydrogens is 292 g/mol. The number of rotatable bonds is 6. The Morgan fingerprint density at radius 3 is 2.95 bits per heavy atom. The second-order valence-corrected chi connectivity index (χ2v) is 9.47. The molecule has 2 saturated heterocycles. The molecule has 0 radical (unpaired) electrons. The van der Waals surface area contributed by atoms with Crippen LogP contribution in [0.5, 0.6) is 0 Å². The summed E-state index contributed by atoms with van der Waals surface area (Å²) in [6.45, 7) is 5.95. The minimum atomic E-state index is -2.93. The van der Waals surface area contributed by atoms with E-state index in [2.05, 4.69) is 10.2 Å². The molecule has 0 aromatic rings. The highest BCUT2D eigenvalue weighted by atomic mass is 32.2. The van der Waals surface area contributed by atoms with Crippen LogP contribution >= 0.6 is 11.8 Å². The topological polar surface area (TPSA) is 49.4 Å². The van der Waals surface area contributed by atoms with Crippen molar-refractivity contribution in [2.24, 2.45) is 5.92 Å². The molecule has 1 N–H and O–H groups in total. The van der Waals surface area contributed by atoms with E-state index in [1.807, 2.05) is 0 Å². The fourth-order valence-electron chi connectivity index (χ4n) is 3.15. The molecule has 2 aliphatic heterocycles. The van der Waals surface area contributed by atoms with Crippen LogP contribution in [0.4, 0.5) is 0 Å². The third-order valence-electron chi connectivity index (χ3n) is 4.46. The lowest BCUT2D eigenvalue weighted by Gasteiger charge is -2.35. The molecule has 0 aromatic heterocycles. The zero-order chi connectivity index (χ0) is 14.4. The molecule has 0 aromatic carbocycles. The molecule has 6 heteroatoms. The summed E-state index contributed by atoms with van der Waals surface area (Å²) in [4.78, 5) is 2.21. The number of sulfone groups is 1. The largest absolute Gasteiger partial charge is 0.316 e. The van der Waals surface area contributed by atoms with Crippen molar-refractivity contribution in [1.29, 1.82) is 0 Å². The Balaban J connectivity index is 1.80. The molecule has 2 rings (SSSR count). The van der Waals surface area contributed by atoms with Crippen molar-refractivity contribution in [3.05, 3.63) is 0 Å². The number of piperidine rings is 1. The lowest BCUT2D eigenvalue weighted by atomic mass is 9.95. The van der Waals surface area contributed by atoms with Crippen LogP contribution in [0.2, 0.25) is 0 Å². The first-order chi connectivity index (χ1) is 9.63. The number of thioether (sulfide) groups is 1. The van der Waals surface area contributed by atoms with Crippen LogP contribution in [0.3, 0.4) is 0 Å². The van der Waals surface area contributed by atoms with Crippen molar-refractivity contribution < 1.29 is 8.42 Å². The SMILES string of the molecule is CCS(=O)(=O)C1CSCCN1CCCC1CCCNC1. The van der Waals surface area contributed by atoms with Gasteiger partial charge in [0.2, 0.25) is 0 Å². The molecule has 20 heavy (non-hydrogen) atoms. The molecule has 2 unspecified atom stereocenters. The van der Waals surface area contributed by atoms with E-state index in [4.69, 9.17) is 0 Å². The zero-order valence-corrected chi connectivity index (χ0v) is 14.1. The standard InChI is InChI=1S/C14H28N2O2S2/c1-2-20(17,18)14-12-19-10-9-16(14)8-4-6-13-5-3-7-15-11-13/h13-15H,2-12H2,1H3. The minimum absolute atomic E-state index is 0.240. The lowest BCUT2D eigenvalue weighted by Crippen LogP contribution is -2.48. The second-order valence-electron chi connectivity index (χ2n) is 5.87. The molecule has 2 aliphatic rings. The lowest BCUT2D eigenvalue weighted by molar-refractivity contribution is 0.249. The van der Waals surface area contributed by atoms with Gasteiger partial charge in [0.05, 0.1) is 0 Å². The molecule has 0 spiro atoms. The maximum Gasteiger partial charge on any atom is 0.166 e. The van der Waals surface area contributed by atoms with E-state index in [0.29, 0.717) is 0 Å². The van der Waals surface area contributed by atoms with Gasteiger partial charge >= 0.3 is 0 Å². The molecule has 0 amide bonds. The summed E-state index contributed by atoms with van der Waals surface area (Å²) >= 11 is 1.78. The van der Waals surface area contributed by atoms with Crippen LogP contribution in [0.1, 0.15) is 32.6 Å². The Morgan fingerprint density at radius 2 is 2.25 bits per heavy atom. The summed E-state index contributed by atoms with van der Waals surface area (Å²) < 4.78 is 24.3. The summed E-state index contributed by atoms with van der Waals surface area (Å²) in [5, 5.41) is 3.21.